The average molecular weight is 548 g/mol. The van der Waals surface area contributed by atoms with Crippen LogP contribution in [-0.2, 0) is 26.2 Å². The first-order valence-corrected chi connectivity index (χ1v) is 14.5. The Morgan fingerprint density at radius 3 is 2.16 bits per heavy atom. The Bertz CT molecular complexity index is 1190. The van der Waals surface area contributed by atoms with Crippen molar-refractivity contribution in [3.63, 3.8) is 0 Å². The number of amides is 2. The highest BCUT2D eigenvalue weighted by atomic mass is 32.2. The molecule has 0 aliphatic carbocycles. The predicted octanol–water partition coefficient (Wildman–Crippen LogP) is 3.97. The molecule has 0 aliphatic rings. The second kappa shape index (κ2) is 13.5. The van der Waals surface area contributed by atoms with Gasteiger partial charge in [-0.25, -0.2) is 8.42 Å². The summed E-state index contributed by atoms with van der Waals surface area (Å²) in [5.41, 5.74) is 0.833. The zero-order chi connectivity index (χ0) is 28.5. The molecular weight excluding hydrogens is 506 g/mol. The average Bonchev–Trinajstić information content (AvgIpc) is 2.84. The number of carbonyl (C=O) groups excluding carboxylic acids is 2. The number of carbonyl (C=O) groups is 2. The van der Waals surface area contributed by atoms with Crippen LogP contribution in [0, 0.1) is 0 Å². The van der Waals surface area contributed by atoms with Crippen LogP contribution in [-0.4, -0.2) is 63.7 Å². The van der Waals surface area contributed by atoms with Gasteiger partial charge in [0.15, 0.2) is 0 Å². The Labute approximate surface area is 227 Å². The molecule has 2 rings (SSSR count). The van der Waals surface area contributed by atoms with Crippen LogP contribution in [0.4, 0.5) is 5.69 Å². The van der Waals surface area contributed by atoms with Crippen LogP contribution >= 0.6 is 0 Å². The van der Waals surface area contributed by atoms with E-state index >= 15 is 0 Å². The minimum atomic E-state index is -3.60. The molecule has 1 N–H and O–H groups in total. The molecule has 0 aromatic heterocycles. The van der Waals surface area contributed by atoms with Crippen LogP contribution in [0.15, 0.2) is 48.5 Å². The minimum Gasteiger partial charge on any atom is -0.497 e. The van der Waals surface area contributed by atoms with Crippen molar-refractivity contribution in [1.82, 2.24) is 10.2 Å². The molecule has 2 amide bonds. The second-order valence-electron chi connectivity index (χ2n) is 10.2. The molecule has 0 bridgehead atoms. The fourth-order valence-corrected chi connectivity index (χ4v) is 5.07. The number of methoxy groups -OCH3 is 2. The first-order chi connectivity index (χ1) is 17.8. The smallest absolute Gasteiger partial charge is 0.243 e. The molecule has 1 atom stereocenters. The van der Waals surface area contributed by atoms with Crippen molar-refractivity contribution in [3.8, 4) is 11.5 Å². The van der Waals surface area contributed by atoms with Gasteiger partial charge in [0.1, 0.15) is 17.5 Å². The first-order valence-electron chi connectivity index (χ1n) is 12.6. The molecule has 0 fully saturated rings. The second-order valence-corrected chi connectivity index (χ2v) is 12.1. The Kier molecular flexibility index (Phi) is 11.0. The molecule has 0 saturated heterocycles. The van der Waals surface area contributed by atoms with Gasteiger partial charge in [-0.1, -0.05) is 25.1 Å². The molecule has 0 saturated carbocycles. The molecule has 0 radical (unpaired) electrons. The van der Waals surface area contributed by atoms with Gasteiger partial charge in [0.25, 0.3) is 0 Å². The summed E-state index contributed by atoms with van der Waals surface area (Å²) in [6.07, 6.45) is 1.90. The Morgan fingerprint density at radius 2 is 1.61 bits per heavy atom. The van der Waals surface area contributed by atoms with Gasteiger partial charge in [0.05, 0.1) is 26.2 Å². The van der Waals surface area contributed by atoms with Crippen molar-refractivity contribution in [2.24, 2.45) is 0 Å². The lowest BCUT2D eigenvalue weighted by molar-refractivity contribution is -0.142. The number of nitrogens with zero attached hydrogens (tertiary/aromatic N) is 2. The molecule has 10 heteroatoms. The number of benzene rings is 2. The fourth-order valence-electron chi connectivity index (χ4n) is 4.11. The third kappa shape index (κ3) is 9.24. The van der Waals surface area contributed by atoms with Crippen molar-refractivity contribution < 1.29 is 27.5 Å². The van der Waals surface area contributed by atoms with Crippen LogP contribution in [0.5, 0.6) is 11.5 Å². The maximum Gasteiger partial charge on any atom is 0.243 e. The molecule has 0 aliphatic heterocycles. The quantitative estimate of drug-likeness (QED) is 0.407. The number of anilines is 1. The minimum absolute atomic E-state index is 0.0687. The van der Waals surface area contributed by atoms with Gasteiger partial charge in [0, 0.05) is 31.1 Å². The van der Waals surface area contributed by atoms with E-state index in [4.69, 9.17) is 9.47 Å². The molecule has 2 aromatic carbocycles. The predicted molar refractivity (Wildman–Crippen MR) is 150 cm³/mol. The highest BCUT2D eigenvalue weighted by molar-refractivity contribution is 7.92. The molecule has 210 valence electrons. The number of nitrogens with one attached hydrogen (secondary N) is 1. The van der Waals surface area contributed by atoms with Gasteiger partial charge in [-0.2, -0.15) is 0 Å². The highest BCUT2D eigenvalue weighted by Crippen LogP contribution is 2.24. The Balaban J connectivity index is 2.27. The zero-order valence-electron chi connectivity index (χ0n) is 23.5. The Morgan fingerprint density at radius 1 is 1.00 bits per heavy atom. The van der Waals surface area contributed by atoms with E-state index in [-0.39, 0.29) is 37.7 Å². The van der Waals surface area contributed by atoms with E-state index in [2.05, 4.69) is 5.32 Å². The van der Waals surface area contributed by atoms with Crippen molar-refractivity contribution in [2.45, 2.75) is 65.1 Å². The lowest BCUT2D eigenvalue weighted by atomic mass is 10.0. The number of rotatable bonds is 13. The normalized spacial score (nSPS) is 12.4. The van der Waals surface area contributed by atoms with E-state index < -0.39 is 21.6 Å². The topological polar surface area (TPSA) is 105 Å². The lowest BCUT2D eigenvalue weighted by Crippen LogP contribution is -2.53. The lowest BCUT2D eigenvalue weighted by Gasteiger charge is -2.33. The zero-order valence-corrected chi connectivity index (χ0v) is 24.3. The van der Waals surface area contributed by atoms with E-state index in [0.29, 0.717) is 23.6 Å². The van der Waals surface area contributed by atoms with Gasteiger partial charge < -0.3 is 19.7 Å². The summed E-state index contributed by atoms with van der Waals surface area (Å²) in [7, 11) is -0.511. The molecule has 0 spiro atoms. The number of sulfonamides is 1. The van der Waals surface area contributed by atoms with Crippen LogP contribution < -0.4 is 19.1 Å². The van der Waals surface area contributed by atoms with Crippen LogP contribution in [0.1, 0.15) is 52.5 Å². The van der Waals surface area contributed by atoms with Crippen LogP contribution in [0.2, 0.25) is 0 Å². The summed E-state index contributed by atoms with van der Waals surface area (Å²) in [5, 5.41) is 2.98. The first kappa shape index (κ1) is 31.0. The van der Waals surface area contributed by atoms with Gasteiger partial charge in [-0.3, -0.25) is 13.9 Å². The molecular formula is C28H41N3O6S. The summed E-state index contributed by atoms with van der Waals surface area (Å²) in [4.78, 5) is 28.3. The summed E-state index contributed by atoms with van der Waals surface area (Å²) in [6.45, 7) is 7.87. The van der Waals surface area contributed by atoms with Gasteiger partial charge in [-0.05, 0) is 63.4 Å². The van der Waals surface area contributed by atoms with E-state index in [1.54, 1.807) is 36.3 Å². The molecule has 0 unspecified atom stereocenters. The van der Waals surface area contributed by atoms with E-state index in [1.807, 2.05) is 52.0 Å². The van der Waals surface area contributed by atoms with E-state index in [1.165, 1.54) is 11.4 Å². The van der Waals surface area contributed by atoms with Gasteiger partial charge >= 0.3 is 0 Å². The van der Waals surface area contributed by atoms with Gasteiger partial charge in [-0.15, -0.1) is 0 Å². The summed E-state index contributed by atoms with van der Waals surface area (Å²) in [6, 6.07) is 13.5. The van der Waals surface area contributed by atoms with Crippen molar-refractivity contribution >= 4 is 27.5 Å². The standard InChI is InChI=1S/C28H41N3O6S/c1-8-25(27(33)29-28(2,3)4)30(20-21-12-9-14-23(18-21)36-5)26(32)16-11-17-31(38(7,34)35)22-13-10-15-24(19-22)37-6/h9-10,12-15,18-19,25H,8,11,16-17,20H2,1-7H3,(H,29,33)/t25-/m1/s1. The Hall–Kier alpha value is -3.27. The maximum atomic E-state index is 13.6. The molecule has 2 aromatic rings. The van der Waals surface area contributed by atoms with Crippen LogP contribution in [0.25, 0.3) is 0 Å². The number of hydrogen-bond acceptors (Lipinski definition) is 6. The van der Waals surface area contributed by atoms with E-state index in [0.717, 1.165) is 11.8 Å². The highest BCUT2D eigenvalue weighted by Gasteiger charge is 2.31. The SMILES string of the molecule is CC[C@H](C(=O)NC(C)(C)C)N(Cc1cccc(OC)c1)C(=O)CCCN(c1cccc(OC)c1)S(C)(=O)=O. The third-order valence-electron chi connectivity index (χ3n) is 5.86. The van der Waals surface area contributed by atoms with Gasteiger partial charge in [0.2, 0.25) is 21.8 Å². The molecule has 38 heavy (non-hydrogen) atoms. The van der Waals surface area contributed by atoms with Crippen LogP contribution in [0.3, 0.4) is 0 Å². The number of hydrogen-bond donors (Lipinski definition) is 1. The fraction of sp³-hybridized carbons (Fsp3) is 0.500. The summed E-state index contributed by atoms with van der Waals surface area (Å²) >= 11 is 0. The molecule has 0 heterocycles. The monoisotopic (exact) mass is 547 g/mol. The summed E-state index contributed by atoms with van der Waals surface area (Å²) < 4.78 is 36.9. The molecule has 9 nitrogen and oxygen atoms in total. The maximum absolute atomic E-state index is 13.6. The van der Waals surface area contributed by atoms with Crippen molar-refractivity contribution in [1.29, 1.82) is 0 Å². The third-order valence-corrected chi connectivity index (χ3v) is 7.06. The number of ether oxygens (including phenoxy) is 2. The van der Waals surface area contributed by atoms with Crippen molar-refractivity contribution in [2.75, 3.05) is 31.3 Å². The van der Waals surface area contributed by atoms with E-state index in [9.17, 15) is 18.0 Å². The summed E-state index contributed by atoms with van der Waals surface area (Å²) in [5.74, 6) is 0.727. The van der Waals surface area contributed by atoms with Crippen molar-refractivity contribution in [3.05, 3.63) is 54.1 Å². The largest absolute Gasteiger partial charge is 0.497 e.